The molecule has 1 amide bonds. The van der Waals surface area contributed by atoms with Gasteiger partial charge in [0.15, 0.2) is 0 Å². The Kier molecular flexibility index (Phi) is 7.43. The quantitative estimate of drug-likeness (QED) is 0.641. The second-order valence-electron chi connectivity index (χ2n) is 7.77. The summed E-state index contributed by atoms with van der Waals surface area (Å²) < 4.78 is 31.1. The van der Waals surface area contributed by atoms with Gasteiger partial charge in [-0.2, -0.15) is 0 Å². The van der Waals surface area contributed by atoms with Crippen LogP contribution in [0.4, 0.5) is 11.4 Å². The van der Waals surface area contributed by atoms with Crippen LogP contribution in [0.1, 0.15) is 38.3 Å². The highest BCUT2D eigenvalue weighted by Gasteiger charge is 2.22. The SMILES string of the molecule is CCOc1ccc(N(CC(=O)NC(C)c2ccc(N3CCCC3)cc2)S(C)(=O)=O)cc1. The van der Waals surface area contributed by atoms with Crippen LogP contribution in [0.2, 0.25) is 0 Å². The number of ether oxygens (including phenoxy) is 1. The molecule has 1 unspecified atom stereocenters. The first-order chi connectivity index (χ1) is 14.8. The molecule has 8 heteroatoms. The molecular weight excluding hydrogens is 414 g/mol. The van der Waals surface area contributed by atoms with E-state index in [0.29, 0.717) is 18.0 Å². The Morgan fingerprint density at radius 1 is 1.10 bits per heavy atom. The Hall–Kier alpha value is -2.74. The molecule has 0 spiro atoms. The number of nitrogens with one attached hydrogen (secondary N) is 1. The fourth-order valence-electron chi connectivity index (χ4n) is 3.73. The first kappa shape index (κ1) is 22.9. The van der Waals surface area contributed by atoms with Gasteiger partial charge in [-0.3, -0.25) is 9.10 Å². The number of nitrogens with zero attached hydrogens (tertiary/aromatic N) is 2. The largest absolute Gasteiger partial charge is 0.494 e. The topological polar surface area (TPSA) is 79.0 Å². The molecule has 0 bridgehead atoms. The Labute approximate surface area is 185 Å². The van der Waals surface area contributed by atoms with Crippen molar-refractivity contribution in [3.05, 3.63) is 54.1 Å². The molecule has 1 aliphatic heterocycles. The second kappa shape index (κ2) is 10.0. The number of amides is 1. The van der Waals surface area contributed by atoms with Gasteiger partial charge in [-0.25, -0.2) is 8.42 Å². The molecule has 1 fully saturated rings. The molecule has 0 aromatic heterocycles. The predicted molar refractivity (Wildman–Crippen MR) is 124 cm³/mol. The third-order valence-corrected chi connectivity index (χ3v) is 6.51. The lowest BCUT2D eigenvalue weighted by atomic mass is 10.1. The molecule has 168 valence electrons. The maximum absolute atomic E-state index is 12.7. The Bertz CT molecular complexity index is 969. The van der Waals surface area contributed by atoms with Crippen LogP contribution in [0.25, 0.3) is 0 Å². The molecule has 2 aromatic rings. The minimum atomic E-state index is -3.63. The van der Waals surface area contributed by atoms with Crippen LogP contribution >= 0.6 is 0 Å². The second-order valence-corrected chi connectivity index (χ2v) is 9.68. The molecule has 1 saturated heterocycles. The maximum Gasteiger partial charge on any atom is 0.241 e. The van der Waals surface area contributed by atoms with Crippen molar-refractivity contribution >= 4 is 27.3 Å². The normalized spacial score (nSPS) is 14.9. The van der Waals surface area contributed by atoms with Gasteiger partial charge in [0.2, 0.25) is 15.9 Å². The van der Waals surface area contributed by atoms with Gasteiger partial charge in [-0.15, -0.1) is 0 Å². The number of rotatable bonds is 9. The molecule has 1 aliphatic rings. The van der Waals surface area contributed by atoms with Crippen LogP contribution in [0, 0.1) is 0 Å². The molecule has 0 radical (unpaired) electrons. The van der Waals surface area contributed by atoms with Gasteiger partial charge < -0.3 is 15.0 Å². The summed E-state index contributed by atoms with van der Waals surface area (Å²) >= 11 is 0. The van der Waals surface area contributed by atoms with E-state index in [1.54, 1.807) is 24.3 Å². The van der Waals surface area contributed by atoms with Crippen LogP contribution < -0.4 is 19.3 Å². The summed E-state index contributed by atoms with van der Waals surface area (Å²) in [5, 5.41) is 2.91. The Balaban J connectivity index is 1.64. The first-order valence-electron chi connectivity index (χ1n) is 10.6. The van der Waals surface area contributed by atoms with Crippen molar-refractivity contribution in [1.82, 2.24) is 5.32 Å². The number of sulfonamides is 1. The zero-order chi connectivity index (χ0) is 22.4. The third kappa shape index (κ3) is 6.13. The molecule has 3 rings (SSSR count). The highest BCUT2D eigenvalue weighted by atomic mass is 32.2. The van der Waals surface area contributed by atoms with Crippen molar-refractivity contribution in [3.63, 3.8) is 0 Å². The number of benzene rings is 2. The fourth-order valence-corrected chi connectivity index (χ4v) is 4.58. The summed E-state index contributed by atoms with van der Waals surface area (Å²) in [5.74, 6) is 0.283. The van der Waals surface area contributed by atoms with E-state index in [9.17, 15) is 13.2 Å². The fraction of sp³-hybridized carbons (Fsp3) is 0.435. The van der Waals surface area contributed by atoms with Gasteiger partial charge in [0.25, 0.3) is 0 Å². The molecule has 0 saturated carbocycles. The van der Waals surface area contributed by atoms with E-state index in [1.165, 1.54) is 18.5 Å². The minimum absolute atomic E-state index is 0.234. The lowest BCUT2D eigenvalue weighted by Gasteiger charge is -2.24. The number of anilines is 2. The van der Waals surface area contributed by atoms with E-state index >= 15 is 0 Å². The van der Waals surface area contributed by atoms with Gasteiger partial charge in [0, 0.05) is 18.8 Å². The van der Waals surface area contributed by atoms with Gasteiger partial charge in [0.05, 0.1) is 24.6 Å². The zero-order valence-electron chi connectivity index (χ0n) is 18.4. The zero-order valence-corrected chi connectivity index (χ0v) is 19.2. The van der Waals surface area contributed by atoms with Gasteiger partial charge in [0.1, 0.15) is 12.3 Å². The van der Waals surface area contributed by atoms with Crippen LogP contribution in [0.15, 0.2) is 48.5 Å². The van der Waals surface area contributed by atoms with E-state index in [2.05, 4.69) is 22.3 Å². The summed E-state index contributed by atoms with van der Waals surface area (Å²) in [7, 11) is -3.63. The molecule has 0 aliphatic carbocycles. The molecular formula is C23H31N3O4S. The summed E-state index contributed by atoms with van der Waals surface area (Å²) in [4.78, 5) is 15.0. The highest BCUT2D eigenvalue weighted by Crippen LogP contribution is 2.24. The highest BCUT2D eigenvalue weighted by molar-refractivity contribution is 7.92. The van der Waals surface area contributed by atoms with E-state index in [4.69, 9.17) is 4.74 Å². The van der Waals surface area contributed by atoms with Crippen molar-refractivity contribution in [3.8, 4) is 5.75 Å². The molecule has 1 heterocycles. The van der Waals surface area contributed by atoms with Crippen molar-refractivity contribution in [2.24, 2.45) is 0 Å². The Morgan fingerprint density at radius 2 is 1.71 bits per heavy atom. The number of hydrogen-bond acceptors (Lipinski definition) is 5. The van der Waals surface area contributed by atoms with E-state index in [1.807, 2.05) is 26.0 Å². The molecule has 7 nitrogen and oxygen atoms in total. The smallest absolute Gasteiger partial charge is 0.241 e. The summed E-state index contributed by atoms with van der Waals surface area (Å²) in [6.07, 6.45) is 3.54. The summed E-state index contributed by atoms with van der Waals surface area (Å²) in [6.45, 7) is 6.17. The van der Waals surface area contributed by atoms with Crippen LogP contribution in [-0.2, 0) is 14.8 Å². The van der Waals surface area contributed by atoms with Crippen molar-refractivity contribution in [2.75, 3.05) is 41.7 Å². The maximum atomic E-state index is 12.7. The first-order valence-corrected chi connectivity index (χ1v) is 12.5. The lowest BCUT2D eigenvalue weighted by molar-refractivity contribution is -0.120. The molecule has 1 N–H and O–H groups in total. The monoisotopic (exact) mass is 445 g/mol. The van der Waals surface area contributed by atoms with Gasteiger partial charge in [-0.05, 0) is 68.7 Å². The van der Waals surface area contributed by atoms with E-state index < -0.39 is 10.0 Å². The van der Waals surface area contributed by atoms with Gasteiger partial charge >= 0.3 is 0 Å². The minimum Gasteiger partial charge on any atom is -0.494 e. The van der Waals surface area contributed by atoms with Crippen molar-refractivity contribution in [2.45, 2.75) is 32.7 Å². The lowest BCUT2D eigenvalue weighted by Crippen LogP contribution is -2.41. The number of hydrogen-bond donors (Lipinski definition) is 1. The molecule has 2 aromatic carbocycles. The van der Waals surface area contributed by atoms with Gasteiger partial charge in [-0.1, -0.05) is 12.1 Å². The average molecular weight is 446 g/mol. The average Bonchev–Trinajstić information content (AvgIpc) is 3.27. The summed E-state index contributed by atoms with van der Waals surface area (Å²) in [6, 6.07) is 14.6. The standard InChI is InChI=1S/C23H31N3O4S/c1-4-30-22-13-11-21(12-14-22)26(31(3,28)29)17-23(27)24-18(2)19-7-9-20(10-8-19)25-15-5-6-16-25/h7-14,18H,4-6,15-17H2,1-3H3,(H,24,27). The van der Waals surface area contributed by atoms with Crippen LogP contribution in [-0.4, -0.2) is 46.8 Å². The predicted octanol–water partition coefficient (Wildman–Crippen LogP) is 3.33. The van der Waals surface area contributed by atoms with Crippen LogP contribution in [0.5, 0.6) is 5.75 Å². The summed E-state index contributed by atoms with van der Waals surface area (Å²) in [5.41, 5.74) is 2.59. The number of carbonyl (C=O) groups excluding carboxylic acids is 1. The van der Waals surface area contributed by atoms with Crippen molar-refractivity contribution in [1.29, 1.82) is 0 Å². The van der Waals surface area contributed by atoms with Crippen molar-refractivity contribution < 1.29 is 17.9 Å². The van der Waals surface area contributed by atoms with Crippen LogP contribution in [0.3, 0.4) is 0 Å². The number of carbonyl (C=O) groups is 1. The van der Waals surface area contributed by atoms with E-state index in [-0.39, 0.29) is 18.5 Å². The van der Waals surface area contributed by atoms with E-state index in [0.717, 1.165) is 29.2 Å². The molecule has 1 atom stereocenters. The molecule has 31 heavy (non-hydrogen) atoms. The third-order valence-electron chi connectivity index (χ3n) is 5.37. The Morgan fingerprint density at radius 3 is 2.26 bits per heavy atom.